The number of hydrogen-bond acceptors (Lipinski definition) is 4. The fraction of sp³-hybridized carbons (Fsp3) is 0.0714. The molecule has 0 radical (unpaired) electrons. The van der Waals surface area contributed by atoms with Crippen molar-refractivity contribution in [1.29, 1.82) is 0 Å². The third-order valence-corrected chi connectivity index (χ3v) is 2.56. The van der Waals surface area contributed by atoms with Crippen LogP contribution in [0.1, 0.15) is 11.3 Å². The Hall–Kier alpha value is -3.10. The predicted molar refractivity (Wildman–Crippen MR) is 74.5 cm³/mol. The second-order valence-corrected chi connectivity index (χ2v) is 4.25. The number of halogens is 3. The van der Waals surface area contributed by atoms with Crippen LogP contribution < -0.4 is 10.7 Å². The third-order valence-electron chi connectivity index (χ3n) is 2.56. The maximum absolute atomic E-state index is 12.5. The van der Waals surface area contributed by atoms with Gasteiger partial charge in [0.25, 0.3) is 0 Å². The lowest BCUT2D eigenvalue weighted by Crippen LogP contribution is -2.32. The van der Waals surface area contributed by atoms with Crippen LogP contribution in [0, 0.1) is 0 Å². The molecule has 2 amide bonds. The van der Waals surface area contributed by atoms with Crippen LogP contribution in [0.2, 0.25) is 0 Å². The van der Waals surface area contributed by atoms with Gasteiger partial charge in [-0.25, -0.2) is 5.43 Å². The lowest BCUT2D eigenvalue weighted by molar-refractivity contribution is -0.137. The van der Waals surface area contributed by atoms with Crippen LogP contribution >= 0.6 is 0 Å². The van der Waals surface area contributed by atoms with Crippen molar-refractivity contribution >= 4 is 23.7 Å². The number of nitrogens with one attached hydrogen (secondary N) is 2. The molecule has 6 nitrogen and oxygen atoms in total. The zero-order chi connectivity index (χ0) is 16.9. The number of hydrazone groups is 1. The third kappa shape index (κ3) is 4.70. The molecule has 0 atom stereocenters. The summed E-state index contributed by atoms with van der Waals surface area (Å²) >= 11 is 0. The molecular weight excluding hydrogens is 315 g/mol. The van der Waals surface area contributed by atoms with Crippen molar-refractivity contribution in [3.8, 4) is 0 Å². The van der Waals surface area contributed by atoms with Crippen molar-refractivity contribution in [2.24, 2.45) is 5.10 Å². The summed E-state index contributed by atoms with van der Waals surface area (Å²) in [6, 6.07) is 7.08. The molecule has 0 aliphatic heterocycles. The van der Waals surface area contributed by atoms with E-state index in [1.807, 2.05) is 10.7 Å². The minimum absolute atomic E-state index is 0.157. The Balaban J connectivity index is 1.94. The Labute approximate surface area is 128 Å². The Morgan fingerprint density at radius 3 is 2.57 bits per heavy atom. The van der Waals surface area contributed by atoms with E-state index in [1.165, 1.54) is 12.3 Å². The second-order valence-electron chi connectivity index (χ2n) is 4.25. The topological polar surface area (TPSA) is 83.7 Å². The molecule has 2 aromatic rings. The molecule has 0 unspecified atom stereocenters. The summed E-state index contributed by atoms with van der Waals surface area (Å²) in [5.41, 5.74) is 0.826. The van der Waals surface area contributed by atoms with E-state index in [4.69, 9.17) is 4.42 Å². The highest BCUT2D eigenvalue weighted by Gasteiger charge is 2.30. The normalized spacial score (nSPS) is 11.4. The van der Waals surface area contributed by atoms with Gasteiger partial charge in [0.15, 0.2) is 0 Å². The molecule has 0 aliphatic rings. The van der Waals surface area contributed by atoms with Gasteiger partial charge in [-0.05, 0) is 30.3 Å². The maximum Gasteiger partial charge on any atom is 0.416 e. The summed E-state index contributed by atoms with van der Waals surface area (Å²) in [6.45, 7) is 0. The van der Waals surface area contributed by atoms with Crippen LogP contribution in [0.15, 0.2) is 52.2 Å². The van der Waals surface area contributed by atoms with E-state index in [2.05, 4.69) is 5.10 Å². The molecule has 0 fully saturated rings. The molecule has 23 heavy (non-hydrogen) atoms. The molecule has 9 heteroatoms. The summed E-state index contributed by atoms with van der Waals surface area (Å²) in [5.74, 6) is -1.94. The average molecular weight is 325 g/mol. The van der Waals surface area contributed by atoms with Crippen LogP contribution in [0.4, 0.5) is 18.9 Å². The van der Waals surface area contributed by atoms with Gasteiger partial charge in [-0.3, -0.25) is 9.59 Å². The van der Waals surface area contributed by atoms with E-state index >= 15 is 0 Å². The Morgan fingerprint density at radius 1 is 1.13 bits per heavy atom. The zero-order valence-corrected chi connectivity index (χ0v) is 11.4. The van der Waals surface area contributed by atoms with Gasteiger partial charge >= 0.3 is 18.0 Å². The van der Waals surface area contributed by atoms with E-state index in [1.54, 1.807) is 12.1 Å². The van der Waals surface area contributed by atoms with Gasteiger partial charge in [0, 0.05) is 5.69 Å². The first-order valence-electron chi connectivity index (χ1n) is 6.21. The van der Waals surface area contributed by atoms with E-state index in [-0.39, 0.29) is 5.69 Å². The highest BCUT2D eigenvalue weighted by Crippen LogP contribution is 2.30. The van der Waals surface area contributed by atoms with Gasteiger partial charge in [-0.2, -0.15) is 18.3 Å². The van der Waals surface area contributed by atoms with Crippen molar-refractivity contribution in [3.05, 3.63) is 54.0 Å². The molecule has 0 saturated carbocycles. The fourth-order valence-corrected chi connectivity index (χ4v) is 1.53. The van der Waals surface area contributed by atoms with Gasteiger partial charge in [0.05, 0.1) is 18.0 Å². The molecule has 0 bridgehead atoms. The number of carbonyl (C=O) groups is 2. The molecule has 0 spiro atoms. The Bertz CT molecular complexity index is 724. The van der Waals surface area contributed by atoms with E-state index in [0.717, 1.165) is 24.4 Å². The lowest BCUT2D eigenvalue weighted by atomic mass is 10.2. The number of carbonyl (C=O) groups excluding carboxylic acids is 2. The summed E-state index contributed by atoms with van der Waals surface area (Å²) in [7, 11) is 0. The van der Waals surface area contributed by atoms with Gasteiger partial charge in [-0.1, -0.05) is 6.07 Å². The number of rotatable bonds is 3. The molecule has 0 saturated heterocycles. The molecule has 120 valence electrons. The molecule has 0 aliphatic carbocycles. The molecule has 2 N–H and O–H groups in total. The predicted octanol–water partition coefficient (Wildman–Crippen LogP) is 2.39. The van der Waals surface area contributed by atoms with Crippen LogP contribution in [-0.2, 0) is 15.8 Å². The second kappa shape index (κ2) is 6.77. The molecule has 1 heterocycles. The number of amides is 2. The number of hydrogen-bond donors (Lipinski definition) is 2. The van der Waals surface area contributed by atoms with E-state index < -0.39 is 23.6 Å². The molecule has 2 rings (SSSR count). The van der Waals surface area contributed by atoms with Crippen molar-refractivity contribution < 1.29 is 27.2 Å². The van der Waals surface area contributed by atoms with Crippen molar-refractivity contribution in [2.45, 2.75) is 6.18 Å². The number of furan rings is 1. The van der Waals surface area contributed by atoms with Gasteiger partial charge in [0.1, 0.15) is 5.76 Å². The first kappa shape index (κ1) is 16.3. The number of alkyl halides is 3. The maximum atomic E-state index is 12.5. The highest BCUT2D eigenvalue weighted by molar-refractivity contribution is 6.39. The minimum Gasteiger partial charge on any atom is -0.463 e. The lowest BCUT2D eigenvalue weighted by Gasteiger charge is -2.09. The van der Waals surface area contributed by atoms with E-state index in [9.17, 15) is 22.8 Å². The Kier molecular flexibility index (Phi) is 4.79. The van der Waals surface area contributed by atoms with Gasteiger partial charge in [-0.15, -0.1) is 0 Å². The highest BCUT2D eigenvalue weighted by atomic mass is 19.4. The monoisotopic (exact) mass is 325 g/mol. The summed E-state index contributed by atoms with van der Waals surface area (Å²) in [5, 5.41) is 5.52. The average Bonchev–Trinajstić information content (AvgIpc) is 3.00. The smallest absolute Gasteiger partial charge is 0.416 e. The number of anilines is 1. The Morgan fingerprint density at radius 2 is 1.91 bits per heavy atom. The summed E-state index contributed by atoms with van der Waals surface area (Å²) in [4.78, 5) is 23.0. The van der Waals surface area contributed by atoms with Crippen LogP contribution in [0.5, 0.6) is 0 Å². The van der Waals surface area contributed by atoms with Crippen molar-refractivity contribution in [2.75, 3.05) is 5.32 Å². The summed E-state index contributed by atoms with van der Waals surface area (Å²) < 4.78 is 42.5. The molecule has 1 aromatic carbocycles. The van der Waals surface area contributed by atoms with Crippen LogP contribution in [0.25, 0.3) is 0 Å². The van der Waals surface area contributed by atoms with Crippen LogP contribution in [-0.4, -0.2) is 18.0 Å². The quantitative estimate of drug-likeness (QED) is 0.516. The largest absolute Gasteiger partial charge is 0.463 e. The van der Waals surface area contributed by atoms with E-state index in [0.29, 0.717) is 5.76 Å². The molecule has 1 aromatic heterocycles. The van der Waals surface area contributed by atoms with Crippen LogP contribution in [0.3, 0.4) is 0 Å². The van der Waals surface area contributed by atoms with Crippen molar-refractivity contribution in [1.82, 2.24) is 5.43 Å². The fourth-order valence-electron chi connectivity index (χ4n) is 1.53. The van der Waals surface area contributed by atoms with Gasteiger partial charge in [0.2, 0.25) is 0 Å². The first-order chi connectivity index (χ1) is 10.9. The summed E-state index contributed by atoms with van der Waals surface area (Å²) in [6.07, 6.45) is -1.99. The SMILES string of the molecule is O=C(N/N=C\c1ccco1)C(=O)Nc1cccc(C(F)(F)F)c1. The number of benzene rings is 1. The minimum atomic E-state index is -4.55. The standard InChI is InChI=1S/C14H10F3N3O3/c15-14(16,17)9-3-1-4-10(7-9)19-12(21)13(22)20-18-8-11-5-2-6-23-11/h1-8H,(H,19,21)(H,20,22)/b18-8-. The molecular formula is C14H10F3N3O3. The van der Waals surface area contributed by atoms with Crippen molar-refractivity contribution in [3.63, 3.8) is 0 Å². The first-order valence-corrected chi connectivity index (χ1v) is 6.21. The number of nitrogens with zero attached hydrogens (tertiary/aromatic N) is 1. The zero-order valence-electron chi connectivity index (χ0n) is 11.4. The van der Waals surface area contributed by atoms with Gasteiger partial charge < -0.3 is 9.73 Å².